The van der Waals surface area contributed by atoms with Crippen molar-refractivity contribution < 1.29 is 9.53 Å². The van der Waals surface area contributed by atoms with Crippen LogP contribution in [0.1, 0.15) is 18.9 Å². The molecule has 0 saturated carbocycles. The van der Waals surface area contributed by atoms with Gasteiger partial charge in [0, 0.05) is 24.8 Å². The van der Waals surface area contributed by atoms with Gasteiger partial charge in [0.1, 0.15) is 0 Å². The van der Waals surface area contributed by atoms with E-state index in [0.29, 0.717) is 13.0 Å². The monoisotopic (exact) mass is 296 g/mol. The zero-order valence-electron chi connectivity index (χ0n) is 11.7. The van der Waals surface area contributed by atoms with Gasteiger partial charge in [0.05, 0.1) is 19.1 Å². The van der Waals surface area contributed by atoms with Gasteiger partial charge in [-0.3, -0.25) is 4.79 Å². The molecule has 1 saturated heterocycles. The van der Waals surface area contributed by atoms with Gasteiger partial charge in [-0.15, -0.1) is 12.4 Å². The van der Waals surface area contributed by atoms with E-state index in [-0.39, 0.29) is 30.5 Å². The molecule has 0 aromatic heterocycles. The Hall–Kier alpha value is -1.10. The number of para-hydroxylation sites is 1. The molecule has 0 spiro atoms. The fourth-order valence-corrected chi connectivity index (χ4v) is 2.99. The Kier molecular flexibility index (Phi) is 5.02. The maximum atomic E-state index is 12.5. The minimum absolute atomic E-state index is 0. The summed E-state index contributed by atoms with van der Waals surface area (Å²) in [5, 5.41) is 3.27. The van der Waals surface area contributed by atoms with Gasteiger partial charge < -0.3 is 15.0 Å². The van der Waals surface area contributed by atoms with Crippen molar-refractivity contribution in [2.45, 2.75) is 31.9 Å². The first kappa shape index (κ1) is 15.3. The van der Waals surface area contributed by atoms with Gasteiger partial charge in [0.15, 0.2) is 0 Å². The van der Waals surface area contributed by atoms with Crippen molar-refractivity contribution >= 4 is 24.0 Å². The van der Waals surface area contributed by atoms with Crippen LogP contribution in [0.15, 0.2) is 24.3 Å². The second-order valence-electron chi connectivity index (χ2n) is 5.35. The molecule has 2 unspecified atom stereocenters. The number of fused-ring (bicyclic) bond motifs is 1. The van der Waals surface area contributed by atoms with Crippen molar-refractivity contribution in [2.24, 2.45) is 0 Å². The molecule has 4 nitrogen and oxygen atoms in total. The van der Waals surface area contributed by atoms with Gasteiger partial charge in [0.2, 0.25) is 5.91 Å². The minimum atomic E-state index is 0. The summed E-state index contributed by atoms with van der Waals surface area (Å²) in [4.78, 5) is 14.4. The third-order valence-corrected chi connectivity index (χ3v) is 3.88. The summed E-state index contributed by atoms with van der Waals surface area (Å²) in [6.45, 7) is 4.46. The predicted molar refractivity (Wildman–Crippen MR) is 81.6 cm³/mol. The molecule has 20 heavy (non-hydrogen) atoms. The van der Waals surface area contributed by atoms with Crippen molar-refractivity contribution in [1.82, 2.24) is 5.32 Å². The number of carbonyl (C=O) groups is 1. The van der Waals surface area contributed by atoms with E-state index in [2.05, 4.69) is 18.3 Å². The summed E-state index contributed by atoms with van der Waals surface area (Å²) in [5.74, 6) is 0.172. The number of ether oxygens (including phenoxy) is 1. The molecule has 1 aromatic carbocycles. The van der Waals surface area contributed by atoms with E-state index in [0.717, 1.165) is 25.2 Å². The van der Waals surface area contributed by atoms with Crippen molar-refractivity contribution in [2.75, 3.05) is 24.6 Å². The zero-order valence-corrected chi connectivity index (χ0v) is 12.5. The van der Waals surface area contributed by atoms with Crippen LogP contribution in [0.2, 0.25) is 0 Å². The summed E-state index contributed by atoms with van der Waals surface area (Å²) in [6.07, 6.45) is 1.43. The smallest absolute Gasteiger partial charge is 0.229 e. The molecule has 5 heteroatoms. The molecule has 2 heterocycles. The van der Waals surface area contributed by atoms with E-state index in [1.807, 2.05) is 23.1 Å². The van der Waals surface area contributed by atoms with Gasteiger partial charge in [-0.05, 0) is 25.0 Å². The third kappa shape index (κ3) is 2.97. The number of anilines is 1. The lowest BCUT2D eigenvalue weighted by Gasteiger charge is -2.27. The Morgan fingerprint density at radius 3 is 3.00 bits per heavy atom. The fraction of sp³-hybridized carbons (Fsp3) is 0.533. The summed E-state index contributed by atoms with van der Waals surface area (Å²) in [6, 6.07) is 8.43. The van der Waals surface area contributed by atoms with Crippen LogP contribution < -0.4 is 10.2 Å². The molecule has 2 aliphatic heterocycles. The second kappa shape index (κ2) is 6.57. The molecular weight excluding hydrogens is 276 g/mol. The number of hydrogen-bond acceptors (Lipinski definition) is 3. The van der Waals surface area contributed by atoms with Crippen molar-refractivity contribution in [3.63, 3.8) is 0 Å². The van der Waals surface area contributed by atoms with E-state index in [4.69, 9.17) is 4.74 Å². The zero-order chi connectivity index (χ0) is 13.2. The molecule has 2 atom stereocenters. The number of hydrogen-bond donors (Lipinski definition) is 1. The van der Waals surface area contributed by atoms with Crippen LogP contribution in [0.25, 0.3) is 0 Å². The van der Waals surface area contributed by atoms with Crippen LogP contribution in [0.4, 0.5) is 5.69 Å². The largest absolute Gasteiger partial charge is 0.375 e. The Labute approximate surface area is 125 Å². The first-order valence-electron chi connectivity index (χ1n) is 6.98. The number of rotatable bonds is 2. The summed E-state index contributed by atoms with van der Waals surface area (Å²) < 4.78 is 5.62. The average molecular weight is 297 g/mol. The molecule has 1 N–H and O–H groups in total. The normalized spacial score (nSPS) is 24.9. The van der Waals surface area contributed by atoms with E-state index < -0.39 is 0 Å². The highest BCUT2D eigenvalue weighted by atomic mass is 35.5. The number of halogens is 1. The highest BCUT2D eigenvalue weighted by molar-refractivity contribution is 5.96. The topological polar surface area (TPSA) is 41.6 Å². The summed E-state index contributed by atoms with van der Waals surface area (Å²) in [7, 11) is 0. The van der Waals surface area contributed by atoms with Gasteiger partial charge >= 0.3 is 0 Å². The molecular formula is C15H21ClN2O2. The summed E-state index contributed by atoms with van der Waals surface area (Å²) >= 11 is 0. The highest BCUT2D eigenvalue weighted by Gasteiger charge is 2.32. The third-order valence-electron chi connectivity index (χ3n) is 3.88. The van der Waals surface area contributed by atoms with Crippen molar-refractivity contribution in [3.05, 3.63) is 29.8 Å². The van der Waals surface area contributed by atoms with Crippen LogP contribution in [0.3, 0.4) is 0 Å². The van der Waals surface area contributed by atoms with Crippen LogP contribution in [0.5, 0.6) is 0 Å². The van der Waals surface area contributed by atoms with Gasteiger partial charge in [0.25, 0.3) is 0 Å². The molecule has 1 aromatic rings. The number of carbonyl (C=O) groups excluding carboxylic acids is 1. The lowest BCUT2D eigenvalue weighted by molar-refractivity contribution is -0.122. The lowest BCUT2D eigenvalue weighted by atomic mass is 10.1. The first-order valence-corrected chi connectivity index (χ1v) is 6.98. The Morgan fingerprint density at radius 1 is 1.45 bits per heavy atom. The quantitative estimate of drug-likeness (QED) is 0.904. The van der Waals surface area contributed by atoms with Crippen molar-refractivity contribution in [1.29, 1.82) is 0 Å². The lowest BCUT2D eigenvalue weighted by Crippen LogP contribution is -2.43. The average Bonchev–Trinajstić information content (AvgIpc) is 2.75. The molecule has 110 valence electrons. The standard InChI is InChI=1S/C15H20N2O2.ClH/c1-11-8-12-4-2-3-5-14(12)17(11)15(18)9-13-10-16-6-7-19-13;/h2-5,11,13,16H,6-10H2,1H3;1H. The highest BCUT2D eigenvalue weighted by Crippen LogP contribution is 2.32. The van der Waals surface area contributed by atoms with Crippen molar-refractivity contribution in [3.8, 4) is 0 Å². The van der Waals surface area contributed by atoms with Crippen LogP contribution >= 0.6 is 12.4 Å². The Balaban J connectivity index is 0.00000147. The molecule has 0 aliphatic carbocycles. The van der Waals surface area contributed by atoms with E-state index >= 15 is 0 Å². The number of morpholine rings is 1. The Morgan fingerprint density at radius 2 is 2.25 bits per heavy atom. The van der Waals surface area contributed by atoms with Crippen LogP contribution in [-0.4, -0.2) is 37.7 Å². The van der Waals surface area contributed by atoms with Crippen LogP contribution in [0, 0.1) is 0 Å². The predicted octanol–water partition coefficient (Wildman–Crippen LogP) is 1.76. The molecule has 1 fully saturated rings. The Bertz CT molecular complexity index is 475. The SMILES string of the molecule is CC1Cc2ccccc2N1C(=O)CC1CNCCO1.Cl. The van der Waals surface area contributed by atoms with Gasteiger partial charge in [-0.25, -0.2) is 0 Å². The number of benzene rings is 1. The van der Waals surface area contributed by atoms with E-state index in [9.17, 15) is 4.79 Å². The molecule has 2 aliphatic rings. The van der Waals surface area contributed by atoms with Crippen LogP contribution in [-0.2, 0) is 16.0 Å². The van der Waals surface area contributed by atoms with Gasteiger partial charge in [-0.2, -0.15) is 0 Å². The fourth-order valence-electron chi connectivity index (χ4n) is 2.99. The molecule has 3 rings (SSSR count). The number of nitrogens with one attached hydrogen (secondary N) is 1. The second-order valence-corrected chi connectivity index (χ2v) is 5.35. The summed E-state index contributed by atoms with van der Waals surface area (Å²) in [5.41, 5.74) is 2.34. The number of nitrogens with zero attached hydrogens (tertiary/aromatic N) is 1. The first-order chi connectivity index (χ1) is 9.25. The van der Waals surface area contributed by atoms with E-state index in [1.54, 1.807) is 0 Å². The maximum absolute atomic E-state index is 12.5. The van der Waals surface area contributed by atoms with E-state index in [1.165, 1.54) is 5.56 Å². The molecule has 1 amide bonds. The van der Waals surface area contributed by atoms with Gasteiger partial charge in [-0.1, -0.05) is 18.2 Å². The number of amides is 1. The molecule has 0 radical (unpaired) electrons. The maximum Gasteiger partial charge on any atom is 0.229 e. The minimum Gasteiger partial charge on any atom is -0.375 e. The molecule has 0 bridgehead atoms.